The molecule has 0 amide bonds. The zero-order valence-electron chi connectivity index (χ0n) is 9.77. The van der Waals surface area contributed by atoms with Crippen LogP contribution in [0, 0.1) is 0 Å². The molecule has 2 heteroatoms. The molecule has 0 radical (unpaired) electrons. The van der Waals surface area contributed by atoms with Gasteiger partial charge in [-0.25, -0.2) is 0 Å². The molecule has 15 heavy (non-hydrogen) atoms. The largest absolute Gasteiger partial charge is 0.387 e. The first-order chi connectivity index (χ1) is 7.15. The first-order valence-electron chi connectivity index (χ1n) is 5.64. The number of hydrogen-bond donors (Lipinski definition) is 2. The standard InChI is InChI=1S/C13H21NO/c1-4-10(2)14-11(3)13(15)12-8-6-5-7-9-12/h5-11,13-15H,4H2,1-3H3/t10-,11+,13+/m0/s1. The molecule has 0 bridgehead atoms. The van der Waals surface area contributed by atoms with Gasteiger partial charge >= 0.3 is 0 Å². The van der Waals surface area contributed by atoms with Gasteiger partial charge in [-0.15, -0.1) is 0 Å². The van der Waals surface area contributed by atoms with Gasteiger partial charge in [0.1, 0.15) is 0 Å². The van der Waals surface area contributed by atoms with E-state index in [-0.39, 0.29) is 6.04 Å². The van der Waals surface area contributed by atoms with Gasteiger partial charge in [-0.05, 0) is 25.8 Å². The summed E-state index contributed by atoms with van der Waals surface area (Å²) in [6, 6.07) is 10.3. The maximum Gasteiger partial charge on any atom is 0.0940 e. The van der Waals surface area contributed by atoms with Crippen molar-refractivity contribution in [2.24, 2.45) is 0 Å². The highest BCUT2D eigenvalue weighted by molar-refractivity contribution is 5.18. The van der Waals surface area contributed by atoms with Gasteiger partial charge in [0.05, 0.1) is 6.10 Å². The minimum atomic E-state index is -0.430. The third-order valence-corrected chi connectivity index (χ3v) is 2.77. The topological polar surface area (TPSA) is 32.3 Å². The molecule has 0 fully saturated rings. The van der Waals surface area contributed by atoms with Gasteiger partial charge in [0.25, 0.3) is 0 Å². The molecule has 1 aromatic rings. The molecule has 0 heterocycles. The summed E-state index contributed by atoms with van der Waals surface area (Å²) in [4.78, 5) is 0. The molecule has 0 saturated heterocycles. The van der Waals surface area contributed by atoms with E-state index in [0.29, 0.717) is 6.04 Å². The molecule has 0 aliphatic carbocycles. The second kappa shape index (κ2) is 5.89. The van der Waals surface area contributed by atoms with Crippen molar-refractivity contribution in [1.82, 2.24) is 5.32 Å². The number of aliphatic hydroxyl groups excluding tert-OH is 1. The zero-order chi connectivity index (χ0) is 11.3. The lowest BCUT2D eigenvalue weighted by Crippen LogP contribution is -2.38. The highest BCUT2D eigenvalue weighted by atomic mass is 16.3. The molecular formula is C13H21NO. The predicted molar refractivity (Wildman–Crippen MR) is 63.8 cm³/mol. The molecule has 0 aromatic heterocycles. The van der Waals surface area contributed by atoms with Crippen molar-refractivity contribution in [3.63, 3.8) is 0 Å². The maximum atomic E-state index is 10.1. The fourth-order valence-electron chi connectivity index (χ4n) is 1.60. The van der Waals surface area contributed by atoms with Crippen molar-refractivity contribution in [2.75, 3.05) is 0 Å². The van der Waals surface area contributed by atoms with E-state index in [2.05, 4.69) is 19.2 Å². The summed E-state index contributed by atoms with van der Waals surface area (Å²) in [5.41, 5.74) is 0.973. The Bertz CT molecular complexity index is 273. The SMILES string of the molecule is CC[C@H](C)N[C@H](C)[C@@H](O)c1ccccc1. The summed E-state index contributed by atoms with van der Waals surface area (Å²) in [6.07, 6.45) is 0.645. The number of benzene rings is 1. The molecule has 0 aliphatic heterocycles. The Hall–Kier alpha value is -0.860. The van der Waals surface area contributed by atoms with Crippen molar-refractivity contribution in [3.8, 4) is 0 Å². The van der Waals surface area contributed by atoms with E-state index in [1.54, 1.807) is 0 Å². The van der Waals surface area contributed by atoms with Crippen LogP contribution >= 0.6 is 0 Å². The molecule has 2 nitrogen and oxygen atoms in total. The summed E-state index contributed by atoms with van der Waals surface area (Å²) in [5, 5.41) is 13.4. The van der Waals surface area contributed by atoms with Gasteiger partial charge in [-0.3, -0.25) is 0 Å². The quantitative estimate of drug-likeness (QED) is 0.777. The third kappa shape index (κ3) is 3.65. The molecule has 0 saturated carbocycles. The fraction of sp³-hybridized carbons (Fsp3) is 0.538. The maximum absolute atomic E-state index is 10.1. The van der Waals surface area contributed by atoms with Crippen molar-refractivity contribution >= 4 is 0 Å². The summed E-state index contributed by atoms with van der Waals surface area (Å²) in [6.45, 7) is 6.29. The Morgan fingerprint density at radius 1 is 1.20 bits per heavy atom. The van der Waals surface area contributed by atoms with E-state index in [4.69, 9.17) is 0 Å². The van der Waals surface area contributed by atoms with E-state index in [1.807, 2.05) is 37.3 Å². The Morgan fingerprint density at radius 3 is 2.33 bits per heavy atom. The van der Waals surface area contributed by atoms with Gasteiger partial charge in [0.2, 0.25) is 0 Å². The summed E-state index contributed by atoms with van der Waals surface area (Å²) in [5.74, 6) is 0. The lowest BCUT2D eigenvalue weighted by atomic mass is 10.0. The lowest BCUT2D eigenvalue weighted by Gasteiger charge is -2.24. The van der Waals surface area contributed by atoms with Crippen LogP contribution in [0.1, 0.15) is 38.9 Å². The van der Waals surface area contributed by atoms with Crippen LogP contribution in [-0.2, 0) is 0 Å². The first-order valence-corrected chi connectivity index (χ1v) is 5.64. The molecule has 0 spiro atoms. The summed E-state index contributed by atoms with van der Waals surface area (Å²) in [7, 11) is 0. The fourth-order valence-corrected chi connectivity index (χ4v) is 1.60. The lowest BCUT2D eigenvalue weighted by molar-refractivity contribution is 0.130. The minimum absolute atomic E-state index is 0.0855. The second-order valence-electron chi connectivity index (χ2n) is 4.12. The van der Waals surface area contributed by atoms with Gasteiger partial charge in [-0.2, -0.15) is 0 Å². The second-order valence-corrected chi connectivity index (χ2v) is 4.12. The summed E-state index contributed by atoms with van der Waals surface area (Å²) >= 11 is 0. The van der Waals surface area contributed by atoms with Gasteiger partial charge in [0.15, 0.2) is 0 Å². The summed E-state index contributed by atoms with van der Waals surface area (Å²) < 4.78 is 0. The van der Waals surface area contributed by atoms with Crippen LogP contribution in [0.5, 0.6) is 0 Å². The molecule has 1 rings (SSSR count). The van der Waals surface area contributed by atoms with Crippen LogP contribution in [0.25, 0.3) is 0 Å². The number of rotatable bonds is 5. The zero-order valence-corrected chi connectivity index (χ0v) is 9.77. The monoisotopic (exact) mass is 207 g/mol. The highest BCUT2D eigenvalue weighted by Crippen LogP contribution is 2.16. The minimum Gasteiger partial charge on any atom is -0.387 e. The van der Waals surface area contributed by atoms with E-state index in [9.17, 15) is 5.11 Å². The number of nitrogens with one attached hydrogen (secondary N) is 1. The third-order valence-electron chi connectivity index (χ3n) is 2.77. The molecule has 0 unspecified atom stereocenters. The number of hydrogen-bond acceptors (Lipinski definition) is 2. The molecule has 84 valence electrons. The predicted octanol–water partition coefficient (Wildman–Crippen LogP) is 2.50. The Kier molecular flexibility index (Phi) is 4.79. The highest BCUT2D eigenvalue weighted by Gasteiger charge is 2.16. The van der Waals surface area contributed by atoms with Crippen molar-refractivity contribution in [3.05, 3.63) is 35.9 Å². The molecule has 2 N–H and O–H groups in total. The van der Waals surface area contributed by atoms with E-state index in [0.717, 1.165) is 12.0 Å². The van der Waals surface area contributed by atoms with Crippen molar-refractivity contribution in [2.45, 2.75) is 45.4 Å². The van der Waals surface area contributed by atoms with Gasteiger partial charge in [0, 0.05) is 12.1 Å². The van der Waals surface area contributed by atoms with Crippen LogP contribution < -0.4 is 5.32 Å². The normalized spacial score (nSPS) is 17.1. The molecular weight excluding hydrogens is 186 g/mol. The van der Waals surface area contributed by atoms with Crippen LogP contribution in [-0.4, -0.2) is 17.2 Å². The van der Waals surface area contributed by atoms with E-state index in [1.165, 1.54) is 0 Å². The van der Waals surface area contributed by atoms with Crippen molar-refractivity contribution in [1.29, 1.82) is 0 Å². The molecule has 0 aliphatic rings. The van der Waals surface area contributed by atoms with E-state index < -0.39 is 6.10 Å². The van der Waals surface area contributed by atoms with Gasteiger partial charge in [-0.1, -0.05) is 37.3 Å². The van der Waals surface area contributed by atoms with Gasteiger partial charge < -0.3 is 10.4 Å². The van der Waals surface area contributed by atoms with E-state index >= 15 is 0 Å². The molecule has 3 atom stereocenters. The Balaban J connectivity index is 2.57. The average molecular weight is 207 g/mol. The van der Waals surface area contributed by atoms with Crippen LogP contribution in [0.4, 0.5) is 0 Å². The van der Waals surface area contributed by atoms with Crippen LogP contribution in [0.2, 0.25) is 0 Å². The number of aliphatic hydroxyl groups is 1. The Morgan fingerprint density at radius 2 is 1.80 bits per heavy atom. The first kappa shape index (κ1) is 12.2. The average Bonchev–Trinajstić information content (AvgIpc) is 2.29. The van der Waals surface area contributed by atoms with Crippen LogP contribution in [0.3, 0.4) is 0 Å². The smallest absolute Gasteiger partial charge is 0.0940 e. The van der Waals surface area contributed by atoms with Crippen LogP contribution in [0.15, 0.2) is 30.3 Å². The molecule has 1 aromatic carbocycles. The van der Waals surface area contributed by atoms with Crippen molar-refractivity contribution < 1.29 is 5.11 Å². The Labute approximate surface area is 92.3 Å².